The molecule has 0 bridgehead atoms. The highest BCUT2D eigenvalue weighted by atomic mass is 32.2. The van der Waals surface area contributed by atoms with Crippen LogP contribution in [0.2, 0.25) is 0 Å². The first-order valence-electron chi connectivity index (χ1n) is 13.2. The number of nitrogens with zero attached hydrogens (tertiary/aromatic N) is 6. The number of pyridine rings is 2. The Morgan fingerprint density at radius 3 is 2.58 bits per heavy atom. The maximum Gasteiger partial charge on any atom is 0.410 e. The third kappa shape index (κ3) is 6.36. The first kappa shape index (κ1) is 27.4. The Morgan fingerprint density at radius 1 is 1.00 bits per heavy atom. The van der Waals surface area contributed by atoms with Gasteiger partial charge in [-0.2, -0.15) is 5.10 Å². The van der Waals surface area contributed by atoms with E-state index in [0.29, 0.717) is 19.6 Å². The van der Waals surface area contributed by atoms with Crippen molar-refractivity contribution in [2.24, 2.45) is 7.05 Å². The summed E-state index contributed by atoms with van der Waals surface area (Å²) in [5.74, 6) is 0. The molecule has 1 saturated heterocycles. The molecule has 0 unspecified atom stereocenters. The Labute approximate surface area is 237 Å². The molecule has 1 amide bonds. The van der Waals surface area contributed by atoms with Crippen molar-refractivity contribution in [3.05, 3.63) is 66.7 Å². The lowest BCUT2D eigenvalue weighted by atomic mass is 10.2. The Bertz CT molecular complexity index is 1620. The van der Waals surface area contributed by atoms with E-state index in [-0.39, 0.29) is 16.7 Å². The molecular formula is C29H34N8O2S. The van der Waals surface area contributed by atoms with Gasteiger partial charge >= 0.3 is 6.09 Å². The third-order valence-electron chi connectivity index (χ3n) is 6.57. The molecule has 1 aromatic carbocycles. The highest BCUT2D eigenvalue weighted by Gasteiger charge is 2.24. The summed E-state index contributed by atoms with van der Waals surface area (Å²) in [7, 11) is 1.86. The second-order valence-corrected chi connectivity index (χ2v) is 11.9. The van der Waals surface area contributed by atoms with Gasteiger partial charge in [-0.05, 0) is 63.6 Å². The summed E-state index contributed by atoms with van der Waals surface area (Å²) >= 11 is 1.29. The van der Waals surface area contributed by atoms with Crippen LogP contribution in [-0.2, 0) is 11.8 Å². The minimum absolute atomic E-state index is 0.231. The van der Waals surface area contributed by atoms with E-state index in [1.807, 2.05) is 64.5 Å². The molecule has 4 heterocycles. The van der Waals surface area contributed by atoms with Gasteiger partial charge in [-0.3, -0.25) is 25.1 Å². The molecule has 10 nitrogen and oxygen atoms in total. The SMILES string of the molecule is Cn1cc(-c2ccc(=N)n(C(=N)Sc3ccc4ncc(N5CCCN(C(=O)OC(C)(C)C)CC5)cc4c3)c2)cn1. The van der Waals surface area contributed by atoms with Crippen molar-refractivity contribution >= 4 is 39.6 Å². The second kappa shape index (κ2) is 11.2. The van der Waals surface area contributed by atoms with Gasteiger partial charge < -0.3 is 14.5 Å². The van der Waals surface area contributed by atoms with E-state index in [1.54, 1.807) is 32.6 Å². The lowest BCUT2D eigenvalue weighted by molar-refractivity contribution is 0.0263. The van der Waals surface area contributed by atoms with Gasteiger partial charge in [0.25, 0.3) is 0 Å². The molecule has 2 N–H and O–H groups in total. The van der Waals surface area contributed by atoms with Crippen LogP contribution in [0.25, 0.3) is 22.0 Å². The molecule has 0 aliphatic carbocycles. The first-order chi connectivity index (χ1) is 19.1. The summed E-state index contributed by atoms with van der Waals surface area (Å²) in [5.41, 5.74) is 3.42. The van der Waals surface area contributed by atoms with E-state index in [1.165, 1.54) is 11.8 Å². The molecule has 0 radical (unpaired) electrons. The molecular weight excluding hydrogens is 524 g/mol. The molecule has 1 aliphatic heterocycles. The number of rotatable bonds is 3. The zero-order chi connectivity index (χ0) is 28.4. The van der Waals surface area contributed by atoms with Crippen LogP contribution in [0, 0.1) is 10.8 Å². The van der Waals surface area contributed by atoms with Gasteiger partial charge in [-0.15, -0.1) is 0 Å². The van der Waals surface area contributed by atoms with E-state index in [9.17, 15) is 4.79 Å². The molecule has 208 valence electrons. The number of ether oxygens (including phenoxy) is 1. The summed E-state index contributed by atoms with van der Waals surface area (Å²) < 4.78 is 8.86. The molecule has 5 rings (SSSR count). The Kier molecular flexibility index (Phi) is 7.66. The van der Waals surface area contributed by atoms with E-state index in [4.69, 9.17) is 15.6 Å². The number of carbonyl (C=O) groups is 1. The van der Waals surface area contributed by atoms with Crippen molar-refractivity contribution in [1.29, 1.82) is 10.8 Å². The fourth-order valence-corrected chi connectivity index (χ4v) is 5.38. The number of fused-ring (bicyclic) bond motifs is 1. The largest absolute Gasteiger partial charge is 0.444 e. The summed E-state index contributed by atoms with van der Waals surface area (Å²) in [6.45, 7) is 8.41. The lowest BCUT2D eigenvalue weighted by Gasteiger charge is -2.27. The zero-order valence-electron chi connectivity index (χ0n) is 23.2. The number of anilines is 1. The van der Waals surface area contributed by atoms with Gasteiger partial charge in [-0.25, -0.2) is 4.79 Å². The monoisotopic (exact) mass is 558 g/mol. The van der Waals surface area contributed by atoms with Crippen LogP contribution in [0.4, 0.5) is 10.5 Å². The van der Waals surface area contributed by atoms with Crippen LogP contribution in [0.3, 0.4) is 0 Å². The molecule has 40 heavy (non-hydrogen) atoms. The maximum absolute atomic E-state index is 12.6. The summed E-state index contributed by atoms with van der Waals surface area (Å²) in [4.78, 5) is 22.2. The highest BCUT2D eigenvalue weighted by molar-refractivity contribution is 8.13. The number of thioether (sulfide) groups is 1. The minimum atomic E-state index is -0.514. The molecule has 4 aromatic rings. The van der Waals surface area contributed by atoms with Gasteiger partial charge in [-0.1, -0.05) is 11.8 Å². The highest BCUT2D eigenvalue weighted by Crippen LogP contribution is 2.28. The average molecular weight is 559 g/mol. The molecule has 0 atom stereocenters. The molecule has 11 heteroatoms. The number of hydrogen-bond acceptors (Lipinski definition) is 8. The summed E-state index contributed by atoms with van der Waals surface area (Å²) in [5, 5.41) is 22.5. The number of aromatic nitrogens is 4. The van der Waals surface area contributed by atoms with Crippen molar-refractivity contribution < 1.29 is 9.53 Å². The third-order valence-corrected chi connectivity index (χ3v) is 7.45. The van der Waals surface area contributed by atoms with Crippen molar-refractivity contribution in [1.82, 2.24) is 24.2 Å². The molecule has 1 fully saturated rings. The Morgan fingerprint density at radius 2 is 1.82 bits per heavy atom. The van der Waals surface area contributed by atoms with Crippen molar-refractivity contribution in [3.63, 3.8) is 0 Å². The fourth-order valence-electron chi connectivity index (χ4n) is 4.59. The maximum atomic E-state index is 12.6. The lowest BCUT2D eigenvalue weighted by Crippen LogP contribution is -2.39. The van der Waals surface area contributed by atoms with Crippen LogP contribution in [0.5, 0.6) is 0 Å². The van der Waals surface area contributed by atoms with Crippen LogP contribution in [-0.4, -0.2) is 67.3 Å². The predicted molar refractivity (Wildman–Crippen MR) is 158 cm³/mol. The van der Waals surface area contributed by atoms with Crippen molar-refractivity contribution in [2.45, 2.75) is 37.7 Å². The first-order valence-corrected chi connectivity index (χ1v) is 14.0. The quantitative estimate of drug-likeness (QED) is 0.209. The molecule has 0 spiro atoms. The topological polar surface area (TPSA) is 116 Å². The van der Waals surface area contributed by atoms with E-state index in [2.05, 4.69) is 21.0 Å². The van der Waals surface area contributed by atoms with E-state index in [0.717, 1.165) is 45.6 Å². The summed E-state index contributed by atoms with van der Waals surface area (Å²) in [6, 6.07) is 11.6. The van der Waals surface area contributed by atoms with Gasteiger partial charge in [0.1, 0.15) is 11.1 Å². The Hall–Kier alpha value is -4.12. The van der Waals surface area contributed by atoms with Crippen LogP contribution >= 0.6 is 11.8 Å². The number of nitrogens with one attached hydrogen (secondary N) is 2. The number of aryl methyl sites for hydroxylation is 1. The minimum Gasteiger partial charge on any atom is -0.444 e. The summed E-state index contributed by atoms with van der Waals surface area (Å²) in [6.07, 6.45) is 7.94. The van der Waals surface area contributed by atoms with Crippen LogP contribution in [0.1, 0.15) is 27.2 Å². The number of amides is 1. The second-order valence-electron chi connectivity index (χ2n) is 10.8. The number of hydrogen-bond donors (Lipinski definition) is 2. The molecule has 3 aromatic heterocycles. The molecule has 0 saturated carbocycles. The smallest absolute Gasteiger partial charge is 0.410 e. The standard InChI is InChI=1S/C29H34N8O2S/c1-29(2,3)39-28(38)36-11-5-10-35(12-13-36)23-14-21-15-24(7-8-25(21)32-17-23)40-27(31)37-19-20(6-9-26(37)30)22-16-33-34(4)18-22/h6-9,14-19,30-31H,5,10-13H2,1-4H3. The van der Waals surface area contributed by atoms with E-state index < -0.39 is 5.60 Å². The predicted octanol–water partition coefficient (Wildman–Crippen LogP) is 4.94. The van der Waals surface area contributed by atoms with Crippen LogP contribution < -0.4 is 10.4 Å². The molecule has 1 aliphatic rings. The van der Waals surface area contributed by atoms with Crippen LogP contribution in [0.15, 0.2) is 66.1 Å². The van der Waals surface area contributed by atoms with Gasteiger partial charge in [0.05, 0.1) is 23.6 Å². The van der Waals surface area contributed by atoms with Gasteiger partial charge in [0.2, 0.25) is 0 Å². The van der Waals surface area contributed by atoms with Gasteiger partial charge in [0, 0.05) is 67.0 Å². The number of benzene rings is 1. The zero-order valence-corrected chi connectivity index (χ0v) is 24.0. The van der Waals surface area contributed by atoms with Crippen molar-refractivity contribution in [3.8, 4) is 11.1 Å². The Balaban J connectivity index is 1.31. The van der Waals surface area contributed by atoms with Crippen molar-refractivity contribution in [2.75, 3.05) is 31.1 Å². The average Bonchev–Trinajstić information content (AvgIpc) is 3.18. The normalized spacial score (nSPS) is 14.3. The fraction of sp³-hybridized carbons (Fsp3) is 0.345. The van der Waals surface area contributed by atoms with E-state index >= 15 is 0 Å². The number of carbonyl (C=O) groups excluding carboxylic acids is 1. The van der Waals surface area contributed by atoms with Gasteiger partial charge in [0.15, 0.2) is 5.17 Å².